The van der Waals surface area contributed by atoms with Crippen LogP contribution >= 0.6 is 11.3 Å². The molecule has 1 aromatic carbocycles. The largest absolute Gasteiger partial charge is 0.347 e. The van der Waals surface area contributed by atoms with E-state index in [2.05, 4.69) is 24.5 Å². The number of amides is 3. The topological polar surface area (TPSA) is 78.5 Å². The standard InChI is InChI=1S/C21H25N3O3S/c1-14(2)20(17-5-4-12-28-17)23-18(25)13-22-21(27)15-7-9-16(10-8-15)24-11-3-6-19(24)26/h4-5,7-10,12,14,20H,3,6,11,13H2,1-2H3,(H,22,27)(H,23,25)/t20-/m0/s1. The fourth-order valence-corrected chi connectivity index (χ4v) is 4.18. The fourth-order valence-electron chi connectivity index (χ4n) is 3.24. The number of nitrogens with zero attached hydrogens (tertiary/aromatic N) is 1. The van der Waals surface area contributed by atoms with Gasteiger partial charge in [-0.3, -0.25) is 14.4 Å². The highest BCUT2D eigenvalue weighted by Gasteiger charge is 2.22. The third-order valence-corrected chi connectivity index (χ3v) is 5.71. The zero-order valence-corrected chi connectivity index (χ0v) is 16.9. The van der Waals surface area contributed by atoms with Crippen LogP contribution < -0.4 is 15.5 Å². The number of rotatable bonds is 7. The van der Waals surface area contributed by atoms with Crippen molar-refractivity contribution in [3.8, 4) is 0 Å². The Hall–Kier alpha value is -2.67. The van der Waals surface area contributed by atoms with E-state index in [0.29, 0.717) is 18.5 Å². The highest BCUT2D eigenvalue weighted by molar-refractivity contribution is 7.10. The first-order valence-electron chi connectivity index (χ1n) is 9.47. The molecule has 0 bridgehead atoms. The lowest BCUT2D eigenvalue weighted by molar-refractivity contribution is -0.121. The first-order chi connectivity index (χ1) is 13.5. The minimum absolute atomic E-state index is 0.0679. The Morgan fingerprint density at radius 1 is 1.18 bits per heavy atom. The van der Waals surface area contributed by atoms with E-state index in [9.17, 15) is 14.4 Å². The van der Waals surface area contributed by atoms with Crippen LogP contribution in [0.25, 0.3) is 0 Å². The second kappa shape index (κ2) is 9.01. The van der Waals surface area contributed by atoms with Crippen LogP contribution in [0.1, 0.15) is 48.0 Å². The van der Waals surface area contributed by atoms with E-state index in [0.717, 1.165) is 17.0 Å². The maximum absolute atomic E-state index is 12.3. The first-order valence-corrected chi connectivity index (χ1v) is 10.3. The molecule has 1 aromatic heterocycles. The number of anilines is 1. The Labute approximate surface area is 168 Å². The molecule has 28 heavy (non-hydrogen) atoms. The highest BCUT2D eigenvalue weighted by atomic mass is 32.1. The van der Waals surface area contributed by atoms with Crippen LogP contribution in [0.3, 0.4) is 0 Å². The Kier molecular flexibility index (Phi) is 6.46. The summed E-state index contributed by atoms with van der Waals surface area (Å²) in [4.78, 5) is 39.2. The molecule has 1 saturated heterocycles. The number of hydrogen-bond donors (Lipinski definition) is 2. The van der Waals surface area contributed by atoms with E-state index in [-0.39, 0.29) is 36.2 Å². The molecule has 0 spiro atoms. The van der Waals surface area contributed by atoms with Gasteiger partial charge in [-0.2, -0.15) is 0 Å². The Morgan fingerprint density at radius 2 is 1.93 bits per heavy atom. The van der Waals surface area contributed by atoms with Crippen molar-refractivity contribution in [2.75, 3.05) is 18.0 Å². The maximum atomic E-state index is 12.3. The summed E-state index contributed by atoms with van der Waals surface area (Å²) in [6, 6.07) is 10.8. The molecule has 1 fully saturated rings. The molecule has 2 aromatic rings. The number of thiophene rings is 1. The lowest BCUT2D eigenvalue weighted by atomic mass is 10.0. The lowest BCUT2D eigenvalue weighted by Crippen LogP contribution is -2.39. The smallest absolute Gasteiger partial charge is 0.251 e. The molecule has 1 aliphatic heterocycles. The van der Waals surface area contributed by atoms with E-state index >= 15 is 0 Å². The molecule has 1 aliphatic rings. The number of carbonyl (C=O) groups is 3. The quantitative estimate of drug-likeness (QED) is 0.751. The molecule has 0 aliphatic carbocycles. The summed E-state index contributed by atoms with van der Waals surface area (Å²) < 4.78 is 0. The lowest BCUT2D eigenvalue weighted by Gasteiger charge is -2.21. The number of carbonyl (C=O) groups excluding carboxylic acids is 3. The van der Waals surface area contributed by atoms with Gasteiger partial charge in [0.15, 0.2) is 0 Å². The van der Waals surface area contributed by atoms with Crippen molar-refractivity contribution in [3.05, 3.63) is 52.2 Å². The van der Waals surface area contributed by atoms with Crippen LogP contribution in [-0.4, -0.2) is 30.8 Å². The summed E-state index contributed by atoms with van der Waals surface area (Å²) in [6.07, 6.45) is 1.43. The molecule has 1 atom stereocenters. The molecule has 0 saturated carbocycles. The molecule has 7 heteroatoms. The average molecular weight is 400 g/mol. The van der Waals surface area contributed by atoms with Gasteiger partial charge in [0, 0.05) is 29.1 Å². The predicted molar refractivity (Wildman–Crippen MR) is 110 cm³/mol. The van der Waals surface area contributed by atoms with E-state index in [1.165, 1.54) is 0 Å². The molecule has 2 heterocycles. The molecule has 2 N–H and O–H groups in total. The van der Waals surface area contributed by atoms with Crippen LogP contribution in [0.4, 0.5) is 5.69 Å². The normalized spacial score (nSPS) is 15.0. The van der Waals surface area contributed by atoms with Crippen molar-refractivity contribution < 1.29 is 14.4 Å². The van der Waals surface area contributed by atoms with Gasteiger partial charge in [-0.05, 0) is 48.1 Å². The molecule has 3 rings (SSSR count). The molecule has 6 nitrogen and oxygen atoms in total. The zero-order chi connectivity index (χ0) is 20.1. The van der Waals surface area contributed by atoms with Crippen LogP contribution in [0.5, 0.6) is 0 Å². The second-order valence-corrected chi connectivity index (χ2v) is 8.16. The van der Waals surface area contributed by atoms with Crippen LogP contribution in [-0.2, 0) is 9.59 Å². The van der Waals surface area contributed by atoms with E-state index < -0.39 is 0 Å². The van der Waals surface area contributed by atoms with Gasteiger partial charge in [0.1, 0.15) is 0 Å². The molecular weight excluding hydrogens is 374 g/mol. The fraction of sp³-hybridized carbons (Fsp3) is 0.381. The number of benzene rings is 1. The van der Waals surface area contributed by atoms with Crippen LogP contribution in [0.2, 0.25) is 0 Å². The van der Waals surface area contributed by atoms with Gasteiger partial charge in [0.2, 0.25) is 11.8 Å². The summed E-state index contributed by atoms with van der Waals surface area (Å²) in [7, 11) is 0. The predicted octanol–water partition coefficient (Wildman–Crippen LogP) is 3.12. The van der Waals surface area contributed by atoms with Crippen molar-refractivity contribution in [1.82, 2.24) is 10.6 Å². The highest BCUT2D eigenvalue weighted by Crippen LogP contribution is 2.25. The molecule has 3 amide bonds. The summed E-state index contributed by atoms with van der Waals surface area (Å²) in [5.74, 6) is -0.176. The monoisotopic (exact) mass is 399 g/mol. The van der Waals surface area contributed by atoms with Gasteiger partial charge in [0.25, 0.3) is 5.91 Å². The van der Waals surface area contributed by atoms with Crippen molar-refractivity contribution in [3.63, 3.8) is 0 Å². The third-order valence-electron chi connectivity index (χ3n) is 4.76. The van der Waals surface area contributed by atoms with E-state index in [1.807, 2.05) is 17.5 Å². The Bertz CT molecular complexity index is 831. The van der Waals surface area contributed by atoms with E-state index in [1.54, 1.807) is 40.5 Å². The van der Waals surface area contributed by atoms with Crippen molar-refractivity contribution in [2.24, 2.45) is 5.92 Å². The second-order valence-electron chi connectivity index (χ2n) is 7.18. The van der Waals surface area contributed by atoms with Gasteiger partial charge in [0.05, 0.1) is 12.6 Å². The maximum Gasteiger partial charge on any atom is 0.251 e. The number of hydrogen-bond acceptors (Lipinski definition) is 4. The summed E-state index contributed by atoms with van der Waals surface area (Å²) in [5, 5.41) is 7.63. The third kappa shape index (κ3) is 4.78. The minimum atomic E-state index is -0.313. The molecular formula is C21H25N3O3S. The summed E-state index contributed by atoms with van der Waals surface area (Å²) >= 11 is 1.60. The first kappa shape index (κ1) is 20.1. The summed E-state index contributed by atoms with van der Waals surface area (Å²) in [5.41, 5.74) is 1.26. The van der Waals surface area contributed by atoms with Gasteiger partial charge in [-0.1, -0.05) is 19.9 Å². The average Bonchev–Trinajstić information content (AvgIpc) is 3.36. The molecule has 148 valence electrons. The van der Waals surface area contributed by atoms with Crippen LogP contribution in [0.15, 0.2) is 41.8 Å². The van der Waals surface area contributed by atoms with Crippen LogP contribution in [0, 0.1) is 5.92 Å². The Balaban J connectivity index is 1.53. The SMILES string of the molecule is CC(C)[C@H](NC(=O)CNC(=O)c1ccc(N2CCCC2=O)cc1)c1cccs1. The minimum Gasteiger partial charge on any atom is -0.347 e. The molecule has 0 unspecified atom stereocenters. The van der Waals surface area contributed by atoms with Gasteiger partial charge in [-0.15, -0.1) is 11.3 Å². The van der Waals surface area contributed by atoms with Crippen molar-refractivity contribution in [2.45, 2.75) is 32.7 Å². The Morgan fingerprint density at radius 3 is 2.50 bits per heavy atom. The zero-order valence-electron chi connectivity index (χ0n) is 16.1. The van der Waals surface area contributed by atoms with Gasteiger partial charge >= 0.3 is 0 Å². The van der Waals surface area contributed by atoms with Gasteiger partial charge in [-0.25, -0.2) is 0 Å². The van der Waals surface area contributed by atoms with Gasteiger partial charge < -0.3 is 15.5 Å². The number of nitrogens with one attached hydrogen (secondary N) is 2. The van der Waals surface area contributed by atoms with E-state index in [4.69, 9.17) is 0 Å². The van der Waals surface area contributed by atoms with Crippen molar-refractivity contribution in [1.29, 1.82) is 0 Å². The summed E-state index contributed by atoms with van der Waals surface area (Å²) in [6.45, 7) is 4.73. The molecule has 0 radical (unpaired) electrons. The van der Waals surface area contributed by atoms with Crippen molar-refractivity contribution >= 4 is 34.7 Å².